The van der Waals surface area contributed by atoms with Crippen LogP contribution in [0.4, 0.5) is 0 Å². The molecule has 0 saturated carbocycles. The number of ether oxygens (including phenoxy) is 2. The molecule has 7 heteroatoms. The van der Waals surface area contributed by atoms with Gasteiger partial charge in [-0.2, -0.15) is 0 Å². The van der Waals surface area contributed by atoms with Crippen molar-refractivity contribution in [1.29, 1.82) is 0 Å². The molecule has 2 aromatic rings. The second-order valence-electron chi connectivity index (χ2n) is 4.63. The predicted octanol–water partition coefficient (Wildman–Crippen LogP) is 1.97. The monoisotopic (exact) mass is 306 g/mol. The van der Waals surface area contributed by atoms with Gasteiger partial charge in [-0.3, -0.25) is 0 Å². The van der Waals surface area contributed by atoms with Crippen LogP contribution in [0.2, 0.25) is 0 Å². The molecule has 0 spiro atoms. The third-order valence-electron chi connectivity index (χ3n) is 3.07. The van der Waals surface area contributed by atoms with Crippen LogP contribution in [0.1, 0.15) is 18.8 Å². The first kappa shape index (κ1) is 14.0. The van der Waals surface area contributed by atoms with Gasteiger partial charge in [0.1, 0.15) is 5.75 Å². The molecule has 0 saturated heterocycles. The van der Waals surface area contributed by atoms with Crippen molar-refractivity contribution in [3.05, 3.63) is 36.0 Å². The number of aromatic nitrogens is 2. The van der Waals surface area contributed by atoms with Crippen molar-refractivity contribution >= 4 is 9.84 Å². The lowest BCUT2D eigenvalue weighted by Gasteiger charge is -2.27. The largest absolute Gasteiger partial charge is 0.460 e. The van der Waals surface area contributed by atoms with E-state index in [2.05, 4.69) is 9.97 Å². The molecule has 3 rings (SSSR count). The van der Waals surface area contributed by atoms with Gasteiger partial charge in [0.15, 0.2) is 0 Å². The van der Waals surface area contributed by atoms with Gasteiger partial charge >= 0.3 is 0 Å². The molecular weight excluding hydrogens is 292 g/mol. The van der Waals surface area contributed by atoms with Gasteiger partial charge < -0.3 is 9.47 Å². The molecule has 0 radical (unpaired) electrons. The van der Waals surface area contributed by atoms with E-state index in [1.807, 2.05) is 25.1 Å². The van der Waals surface area contributed by atoms with Gasteiger partial charge in [0.25, 0.3) is 0 Å². The number of sulfone groups is 1. The van der Waals surface area contributed by atoms with Crippen LogP contribution in [0.25, 0.3) is 11.3 Å². The average Bonchev–Trinajstić information content (AvgIpc) is 2.46. The summed E-state index contributed by atoms with van der Waals surface area (Å²) in [6.45, 7) is 2.31. The van der Waals surface area contributed by atoms with Gasteiger partial charge in [-0.1, -0.05) is 12.1 Å². The molecule has 1 atom stereocenters. The Morgan fingerprint density at radius 1 is 1.33 bits per heavy atom. The normalized spacial score (nSPS) is 16.8. The highest BCUT2D eigenvalue weighted by Crippen LogP contribution is 2.41. The number of nitrogens with zero attached hydrogens (tertiary/aromatic N) is 2. The van der Waals surface area contributed by atoms with Crippen molar-refractivity contribution in [2.24, 2.45) is 0 Å². The zero-order valence-electron chi connectivity index (χ0n) is 11.6. The van der Waals surface area contributed by atoms with Crippen LogP contribution in [0.3, 0.4) is 0 Å². The van der Waals surface area contributed by atoms with Gasteiger partial charge in [0.05, 0.1) is 11.3 Å². The molecule has 1 aromatic carbocycles. The molecule has 0 N–H and O–H groups in total. The Morgan fingerprint density at radius 3 is 2.81 bits per heavy atom. The lowest BCUT2D eigenvalue weighted by molar-refractivity contribution is -0.0806. The molecule has 1 aliphatic rings. The number of benzene rings is 1. The molecule has 110 valence electrons. The molecule has 2 heterocycles. The first-order chi connectivity index (χ1) is 10.0. The summed E-state index contributed by atoms with van der Waals surface area (Å²) in [4.78, 5) is 8.11. The van der Waals surface area contributed by atoms with E-state index in [9.17, 15) is 8.42 Å². The van der Waals surface area contributed by atoms with Crippen molar-refractivity contribution in [3.63, 3.8) is 0 Å². The van der Waals surface area contributed by atoms with Crippen molar-refractivity contribution < 1.29 is 17.9 Å². The third kappa shape index (κ3) is 2.50. The Balaban J connectivity index is 2.22. The van der Waals surface area contributed by atoms with E-state index in [1.165, 1.54) is 6.20 Å². The first-order valence-electron chi connectivity index (χ1n) is 6.45. The van der Waals surface area contributed by atoms with Gasteiger partial charge in [0, 0.05) is 24.6 Å². The maximum absolute atomic E-state index is 11.7. The number of hydrogen-bond donors (Lipinski definition) is 0. The SMILES string of the molecule is CCOC1Oc2ccccc2-c2nc(S(C)(=O)=O)ncc21. The molecule has 0 fully saturated rings. The van der Waals surface area contributed by atoms with E-state index in [4.69, 9.17) is 9.47 Å². The molecule has 21 heavy (non-hydrogen) atoms. The highest BCUT2D eigenvalue weighted by Gasteiger charge is 2.29. The zero-order valence-corrected chi connectivity index (χ0v) is 12.4. The quantitative estimate of drug-likeness (QED) is 0.807. The molecule has 0 bridgehead atoms. The number of fused-ring (bicyclic) bond motifs is 3. The molecule has 1 unspecified atom stereocenters. The van der Waals surface area contributed by atoms with Gasteiger partial charge in [-0.25, -0.2) is 18.4 Å². The summed E-state index contributed by atoms with van der Waals surface area (Å²) in [5.74, 6) is 0.613. The van der Waals surface area contributed by atoms with Gasteiger partial charge in [-0.15, -0.1) is 0 Å². The van der Waals surface area contributed by atoms with Crippen LogP contribution < -0.4 is 4.74 Å². The summed E-state index contributed by atoms with van der Waals surface area (Å²) in [6, 6.07) is 7.31. The Kier molecular flexibility index (Phi) is 3.38. The molecule has 6 nitrogen and oxygen atoms in total. The summed E-state index contributed by atoms with van der Waals surface area (Å²) in [7, 11) is -3.47. The summed E-state index contributed by atoms with van der Waals surface area (Å²) in [6.07, 6.45) is 1.91. The van der Waals surface area contributed by atoms with Crippen LogP contribution in [-0.2, 0) is 14.6 Å². The van der Waals surface area contributed by atoms with Gasteiger partial charge in [-0.05, 0) is 19.1 Å². The van der Waals surface area contributed by atoms with Crippen LogP contribution in [-0.4, -0.2) is 31.2 Å². The summed E-state index contributed by atoms with van der Waals surface area (Å²) in [5.41, 5.74) is 1.89. The van der Waals surface area contributed by atoms with Crippen LogP contribution in [0.5, 0.6) is 5.75 Å². The van der Waals surface area contributed by atoms with E-state index in [0.717, 1.165) is 11.8 Å². The Bertz CT molecular complexity index is 789. The fourth-order valence-corrected chi connectivity index (χ4v) is 2.66. The van der Waals surface area contributed by atoms with E-state index >= 15 is 0 Å². The minimum atomic E-state index is -3.47. The smallest absolute Gasteiger partial charge is 0.247 e. The van der Waals surface area contributed by atoms with E-state index in [-0.39, 0.29) is 5.16 Å². The molecule has 0 aliphatic carbocycles. The standard InChI is InChI=1S/C14H14N2O4S/c1-3-19-13-10-8-15-14(21(2,17)18)16-12(10)9-6-4-5-7-11(9)20-13/h4-8,13H,3H2,1-2H3. The Labute approximate surface area is 122 Å². The number of rotatable bonds is 3. The first-order valence-corrected chi connectivity index (χ1v) is 8.34. The summed E-state index contributed by atoms with van der Waals surface area (Å²) >= 11 is 0. The maximum atomic E-state index is 11.7. The summed E-state index contributed by atoms with van der Waals surface area (Å²) < 4.78 is 34.6. The van der Waals surface area contributed by atoms with Crippen molar-refractivity contribution in [3.8, 4) is 17.0 Å². The number of hydrogen-bond acceptors (Lipinski definition) is 6. The topological polar surface area (TPSA) is 78.4 Å². The van der Waals surface area contributed by atoms with Gasteiger partial charge in [0.2, 0.25) is 21.3 Å². The van der Waals surface area contributed by atoms with Crippen molar-refractivity contribution in [2.45, 2.75) is 18.4 Å². The Hall–Kier alpha value is -1.99. The Morgan fingerprint density at radius 2 is 2.10 bits per heavy atom. The molecule has 1 aromatic heterocycles. The van der Waals surface area contributed by atoms with E-state index < -0.39 is 16.1 Å². The highest BCUT2D eigenvalue weighted by atomic mass is 32.2. The summed E-state index contributed by atoms with van der Waals surface area (Å²) in [5, 5.41) is -0.201. The van der Waals surface area contributed by atoms with Crippen LogP contribution in [0, 0.1) is 0 Å². The van der Waals surface area contributed by atoms with E-state index in [0.29, 0.717) is 23.6 Å². The minimum Gasteiger partial charge on any atom is -0.460 e. The van der Waals surface area contributed by atoms with E-state index in [1.54, 1.807) is 6.07 Å². The lowest BCUT2D eigenvalue weighted by atomic mass is 10.0. The maximum Gasteiger partial charge on any atom is 0.247 e. The fraction of sp³-hybridized carbons (Fsp3) is 0.286. The predicted molar refractivity (Wildman–Crippen MR) is 75.6 cm³/mol. The van der Waals surface area contributed by atoms with Crippen molar-refractivity contribution in [1.82, 2.24) is 9.97 Å². The number of para-hydroxylation sites is 1. The highest BCUT2D eigenvalue weighted by molar-refractivity contribution is 7.90. The molecule has 1 aliphatic heterocycles. The van der Waals surface area contributed by atoms with Crippen LogP contribution >= 0.6 is 0 Å². The second-order valence-corrected chi connectivity index (χ2v) is 6.54. The zero-order chi connectivity index (χ0) is 15.0. The average molecular weight is 306 g/mol. The third-order valence-corrected chi connectivity index (χ3v) is 3.93. The molecule has 0 amide bonds. The minimum absolute atomic E-state index is 0.201. The van der Waals surface area contributed by atoms with Crippen LogP contribution in [0.15, 0.2) is 35.6 Å². The lowest BCUT2D eigenvalue weighted by Crippen LogP contribution is -2.19. The molecular formula is C14H14N2O4S. The fourth-order valence-electron chi connectivity index (χ4n) is 2.16. The second kappa shape index (κ2) is 5.09. The van der Waals surface area contributed by atoms with Crippen molar-refractivity contribution in [2.75, 3.05) is 12.9 Å².